The fraction of sp³-hybridized carbons (Fsp3) is 0.745. The normalized spacial score (nSPS) is 23.8. The zero-order valence-corrected chi connectivity index (χ0v) is 40.3. The molecule has 1 aromatic rings. The van der Waals surface area contributed by atoms with Gasteiger partial charge in [-0.2, -0.15) is 13.2 Å². The number of fused-ring (bicyclic) bond motifs is 2. The number of carboxylic acids is 1. The monoisotopic (exact) mass is 926 g/mol. The van der Waals surface area contributed by atoms with Crippen molar-refractivity contribution in [2.75, 3.05) is 34.9 Å². The molecule has 1 saturated carbocycles. The summed E-state index contributed by atoms with van der Waals surface area (Å²) in [6.07, 6.45) is -0.813. The smallest absolute Gasteiger partial charge is 0.430 e. The van der Waals surface area contributed by atoms with Gasteiger partial charge in [-0.05, 0) is 63.9 Å². The Balaban J connectivity index is 0.00000148. The van der Waals surface area contributed by atoms with Crippen LogP contribution >= 0.6 is 0 Å². The number of hydrogen-bond acceptors (Lipinski definition) is 10. The minimum absolute atomic E-state index is 0.0185. The lowest BCUT2D eigenvalue weighted by Gasteiger charge is -2.41. The Bertz CT molecular complexity index is 1760. The van der Waals surface area contributed by atoms with E-state index < -0.39 is 66.0 Å². The summed E-state index contributed by atoms with van der Waals surface area (Å²) in [5.41, 5.74) is 0.142. The van der Waals surface area contributed by atoms with E-state index in [1.807, 2.05) is 44.2 Å². The average Bonchev–Trinajstić information content (AvgIpc) is 3.99. The van der Waals surface area contributed by atoms with E-state index in [1.54, 1.807) is 58.8 Å². The number of ether oxygens (including phenoxy) is 3. The number of carbonyl (C=O) groups is 6. The summed E-state index contributed by atoms with van der Waals surface area (Å²) in [7, 11) is 6.97. The maximum absolute atomic E-state index is 14.4. The average molecular weight is 926 g/mol. The molecule has 2 bridgehead atoms. The molecule has 4 unspecified atom stereocenters. The van der Waals surface area contributed by atoms with Crippen LogP contribution in [-0.2, 0) is 49.4 Å². The molecule has 65 heavy (non-hydrogen) atoms. The van der Waals surface area contributed by atoms with Crippen LogP contribution in [0, 0.1) is 23.7 Å². The number of amides is 4. The number of quaternary nitrogens is 1. The van der Waals surface area contributed by atoms with E-state index in [9.17, 15) is 37.1 Å². The maximum Gasteiger partial charge on any atom is 0.430 e. The molecule has 3 aliphatic rings. The standard InChI is InChI=1S/C45H73N5O8.C2HF3O2/c1-13-28(4)38(49(10)43(54)37(27(2)3)47-42(53)39-31-21-22-32(25-31)48(39)9)35(56-11)26-36(51)50-23-17-20-34(50)40(57-12)29(5)41(52)46-33(44(55)58-45(6,7)8)24-30-18-15-14-16-19-30;3-2(4,5)1(6)7/h14-16,18-19,27-29,31-35,37-40H,13,17,20-26H2,1-12H3,(H,46,52)(H,47,53);(H,6,7)/t28-,29+,31?,32?,33-,34-,35+,37-,38-,39?,40+;/m0./s1. The summed E-state index contributed by atoms with van der Waals surface area (Å²) >= 11 is 0. The third kappa shape index (κ3) is 14.9. The molecule has 368 valence electrons. The third-order valence-corrected chi connectivity index (χ3v) is 13.4. The summed E-state index contributed by atoms with van der Waals surface area (Å²) < 4.78 is 49.3. The fourth-order valence-corrected chi connectivity index (χ4v) is 9.78. The lowest BCUT2D eigenvalue weighted by atomic mass is 9.89. The van der Waals surface area contributed by atoms with Gasteiger partial charge in [0, 0.05) is 46.6 Å². The van der Waals surface area contributed by atoms with Crippen molar-refractivity contribution in [3.63, 3.8) is 0 Å². The van der Waals surface area contributed by atoms with Crippen LogP contribution < -0.4 is 20.6 Å². The van der Waals surface area contributed by atoms with Crippen molar-refractivity contribution < 1.29 is 66.2 Å². The number of halogens is 3. The van der Waals surface area contributed by atoms with Gasteiger partial charge >= 0.3 is 12.1 Å². The third-order valence-electron chi connectivity index (χ3n) is 13.4. The summed E-state index contributed by atoms with van der Waals surface area (Å²) in [6.45, 7) is 15.6. The Kier molecular flexibility index (Phi) is 20.3. The number of alkyl halides is 3. The van der Waals surface area contributed by atoms with Gasteiger partial charge in [-0.25, -0.2) is 4.79 Å². The lowest BCUT2D eigenvalue weighted by molar-refractivity contribution is -0.913. The van der Waals surface area contributed by atoms with Crippen LogP contribution in [0.3, 0.4) is 0 Å². The number of methoxy groups -OCH3 is 2. The number of aliphatic carboxylic acids is 1. The summed E-state index contributed by atoms with van der Waals surface area (Å²) in [5, 5.41) is 14.9. The molecule has 4 rings (SSSR count). The van der Waals surface area contributed by atoms with E-state index in [-0.39, 0.29) is 54.3 Å². The van der Waals surface area contributed by atoms with E-state index in [2.05, 4.69) is 31.5 Å². The molecular formula is C47H74F3N5O10. The molecular weight excluding hydrogens is 852 g/mol. The van der Waals surface area contributed by atoms with Gasteiger partial charge in [0.1, 0.15) is 23.7 Å². The summed E-state index contributed by atoms with van der Waals surface area (Å²) in [6, 6.07) is 7.35. The van der Waals surface area contributed by atoms with Gasteiger partial charge in [-0.15, -0.1) is 0 Å². The number of rotatable bonds is 19. The molecule has 12 atom stereocenters. The number of benzene rings is 1. The number of carbonyl (C=O) groups excluding carboxylic acids is 6. The van der Waals surface area contributed by atoms with Gasteiger partial charge in [-0.3, -0.25) is 19.2 Å². The largest absolute Gasteiger partial charge is 0.542 e. The lowest BCUT2D eigenvalue weighted by Crippen LogP contribution is -3.16. The van der Waals surface area contributed by atoms with Crippen LogP contribution in [0.15, 0.2) is 30.3 Å². The molecule has 2 aliphatic heterocycles. The second-order valence-corrected chi connectivity index (χ2v) is 19.4. The first kappa shape index (κ1) is 55.0. The molecule has 2 saturated heterocycles. The minimum Gasteiger partial charge on any atom is -0.542 e. The van der Waals surface area contributed by atoms with Crippen molar-refractivity contribution in [2.24, 2.45) is 23.7 Å². The number of likely N-dealkylation sites (N-methyl/N-ethyl adjacent to an activating group) is 2. The van der Waals surface area contributed by atoms with Crippen molar-refractivity contribution in [2.45, 2.75) is 167 Å². The number of nitrogens with one attached hydrogen (secondary N) is 3. The second-order valence-electron chi connectivity index (χ2n) is 19.4. The van der Waals surface area contributed by atoms with Crippen molar-refractivity contribution in [1.82, 2.24) is 20.4 Å². The van der Waals surface area contributed by atoms with Crippen molar-refractivity contribution in [1.29, 1.82) is 0 Å². The molecule has 1 aromatic carbocycles. The zero-order valence-electron chi connectivity index (χ0n) is 40.3. The predicted octanol–water partition coefficient (Wildman–Crippen LogP) is 2.48. The number of nitrogens with zero attached hydrogens (tertiary/aromatic N) is 2. The van der Waals surface area contributed by atoms with E-state index in [4.69, 9.17) is 24.1 Å². The summed E-state index contributed by atoms with van der Waals surface area (Å²) in [5.74, 6) is -4.83. The van der Waals surface area contributed by atoms with Crippen LogP contribution in [0.1, 0.15) is 106 Å². The molecule has 2 heterocycles. The van der Waals surface area contributed by atoms with E-state index in [0.29, 0.717) is 24.9 Å². The maximum atomic E-state index is 14.4. The van der Waals surface area contributed by atoms with E-state index in [1.165, 1.54) is 4.90 Å². The van der Waals surface area contributed by atoms with Gasteiger partial charge in [0.05, 0.1) is 49.7 Å². The molecule has 4 amide bonds. The number of piperidine rings is 1. The van der Waals surface area contributed by atoms with Crippen LogP contribution in [-0.4, -0.2) is 140 Å². The van der Waals surface area contributed by atoms with Crippen molar-refractivity contribution >= 4 is 35.6 Å². The highest BCUT2D eigenvalue weighted by atomic mass is 19.4. The molecule has 3 N–H and O–H groups in total. The minimum atomic E-state index is -5.19. The molecule has 0 spiro atoms. The predicted molar refractivity (Wildman–Crippen MR) is 234 cm³/mol. The Morgan fingerprint density at radius 3 is 2.06 bits per heavy atom. The Labute approximate surface area is 382 Å². The number of likely N-dealkylation sites (tertiary alicyclic amines) is 2. The molecule has 1 aliphatic carbocycles. The highest BCUT2D eigenvalue weighted by Crippen LogP contribution is 2.33. The number of carboxylic acid groups (broad SMARTS) is 1. The highest BCUT2D eigenvalue weighted by Gasteiger charge is 2.52. The SMILES string of the molecule is CC[C@H](C)[C@@H]([C@@H](CC(=O)N1CCC[C@H]1[C@H](OC)[C@@H](C)C(=O)N[C@@H](Cc1ccccc1)C(=O)OC(C)(C)C)OC)N(C)C(=O)[C@@H](NC(=O)C1C2CCC(C2)[NH+]1C)C(C)C.O=C([O-])C(F)(F)F. The Morgan fingerprint density at radius 2 is 1.57 bits per heavy atom. The molecule has 18 heteroatoms. The van der Waals surface area contributed by atoms with Crippen LogP contribution in [0.4, 0.5) is 13.2 Å². The first-order chi connectivity index (χ1) is 30.3. The Morgan fingerprint density at radius 1 is 0.954 bits per heavy atom. The molecule has 0 aromatic heterocycles. The topological polar surface area (TPSA) is 188 Å². The van der Waals surface area contributed by atoms with Gasteiger partial charge in [0.15, 0.2) is 6.04 Å². The number of esters is 1. The van der Waals surface area contributed by atoms with Crippen LogP contribution in [0.25, 0.3) is 0 Å². The first-order valence-electron chi connectivity index (χ1n) is 22.9. The first-order valence-corrected chi connectivity index (χ1v) is 22.9. The van der Waals surface area contributed by atoms with E-state index in [0.717, 1.165) is 37.7 Å². The quantitative estimate of drug-likeness (QED) is 0.174. The van der Waals surface area contributed by atoms with Crippen LogP contribution in [0.5, 0.6) is 0 Å². The fourth-order valence-electron chi connectivity index (χ4n) is 9.78. The second kappa shape index (κ2) is 23.9. The van der Waals surface area contributed by atoms with Crippen molar-refractivity contribution in [3.05, 3.63) is 35.9 Å². The van der Waals surface area contributed by atoms with Gasteiger partial charge in [0.25, 0.3) is 5.91 Å². The molecule has 3 fully saturated rings. The summed E-state index contributed by atoms with van der Waals surface area (Å²) in [4.78, 5) is 83.2. The van der Waals surface area contributed by atoms with E-state index >= 15 is 0 Å². The van der Waals surface area contributed by atoms with Gasteiger partial charge < -0.3 is 49.4 Å². The van der Waals surface area contributed by atoms with Crippen LogP contribution in [0.2, 0.25) is 0 Å². The molecule has 15 nitrogen and oxygen atoms in total. The van der Waals surface area contributed by atoms with Gasteiger partial charge in [0.2, 0.25) is 17.7 Å². The molecule has 0 radical (unpaired) electrons. The zero-order chi connectivity index (χ0) is 49.1. The van der Waals surface area contributed by atoms with Gasteiger partial charge in [-0.1, -0.05) is 71.4 Å². The Hall–Kier alpha value is -4.29. The number of hydrogen-bond donors (Lipinski definition) is 3. The highest BCUT2D eigenvalue weighted by molar-refractivity contribution is 5.90. The van der Waals surface area contributed by atoms with Crippen molar-refractivity contribution in [3.8, 4) is 0 Å².